The van der Waals surface area contributed by atoms with Crippen LogP contribution in [0.4, 0.5) is 0 Å². The van der Waals surface area contributed by atoms with Crippen molar-refractivity contribution >= 4 is 5.70 Å². The number of methoxy groups -OCH3 is 2. The van der Waals surface area contributed by atoms with Gasteiger partial charge in [0, 0.05) is 43.1 Å². The van der Waals surface area contributed by atoms with Crippen LogP contribution in [0.5, 0.6) is 17.2 Å². The van der Waals surface area contributed by atoms with E-state index in [0.29, 0.717) is 6.04 Å². The number of benzene rings is 2. The molecular formula is C25H31N3O3. The summed E-state index contributed by atoms with van der Waals surface area (Å²) in [5, 5.41) is 2.32. The first kappa shape index (κ1) is 20.2. The predicted molar refractivity (Wildman–Crippen MR) is 121 cm³/mol. The first-order chi connectivity index (χ1) is 15.0. The fraction of sp³-hybridized carbons (Fsp3) is 0.440. The highest BCUT2D eigenvalue weighted by Crippen LogP contribution is 2.51. The fourth-order valence-corrected chi connectivity index (χ4v) is 5.01. The van der Waals surface area contributed by atoms with E-state index in [1.165, 1.54) is 0 Å². The Morgan fingerprint density at radius 1 is 1.06 bits per heavy atom. The summed E-state index contributed by atoms with van der Waals surface area (Å²) in [5.74, 6) is 2.52. The van der Waals surface area contributed by atoms with Crippen molar-refractivity contribution in [2.45, 2.75) is 44.5 Å². The van der Waals surface area contributed by atoms with E-state index in [2.05, 4.69) is 53.5 Å². The standard InChI is InChI=1S/C25H31N3O3/c1-17(2)27-13-11-25(12-14-27)28-22(20-9-6-10-23(30-4)24(20)31-25)16-21(26-28)18-7-5-8-19(15-18)29-3/h5-10,15-17,22,26H,11-14H2,1-4H3/t22-/m1/s1. The van der Waals surface area contributed by atoms with Crippen LogP contribution >= 0.6 is 0 Å². The molecule has 2 aromatic rings. The number of likely N-dealkylation sites (tertiary alicyclic amines) is 1. The smallest absolute Gasteiger partial charge is 0.183 e. The number of nitrogens with one attached hydrogen (secondary N) is 1. The molecular weight excluding hydrogens is 390 g/mol. The van der Waals surface area contributed by atoms with Crippen LogP contribution < -0.4 is 19.6 Å². The van der Waals surface area contributed by atoms with Crippen LogP contribution in [0.25, 0.3) is 5.70 Å². The number of hydrazine groups is 1. The first-order valence-corrected chi connectivity index (χ1v) is 11.1. The Kier molecular flexibility index (Phi) is 5.07. The van der Waals surface area contributed by atoms with E-state index in [1.54, 1.807) is 14.2 Å². The Hall–Kier alpha value is -2.70. The van der Waals surface area contributed by atoms with Crippen molar-refractivity contribution in [2.24, 2.45) is 0 Å². The van der Waals surface area contributed by atoms with E-state index < -0.39 is 5.72 Å². The number of fused-ring (bicyclic) bond motifs is 4. The van der Waals surface area contributed by atoms with Gasteiger partial charge >= 0.3 is 0 Å². The Balaban J connectivity index is 1.56. The van der Waals surface area contributed by atoms with Gasteiger partial charge in [-0.25, -0.2) is 0 Å². The van der Waals surface area contributed by atoms with Gasteiger partial charge < -0.3 is 24.5 Å². The Bertz CT molecular complexity index is 995. The van der Waals surface area contributed by atoms with Crippen molar-refractivity contribution in [1.29, 1.82) is 0 Å². The van der Waals surface area contributed by atoms with Crippen LogP contribution in [0.15, 0.2) is 48.5 Å². The minimum absolute atomic E-state index is 0.0747. The molecule has 0 bridgehead atoms. The van der Waals surface area contributed by atoms with E-state index >= 15 is 0 Å². The third-order valence-electron chi connectivity index (χ3n) is 6.81. The molecule has 3 heterocycles. The SMILES string of the molecule is COc1cccc(C2=C[C@@H]3c4cccc(OC)c4OC4(CCN(C(C)C)CC4)N3N2)c1. The van der Waals surface area contributed by atoms with Crippen molar-refractivity contribution in [2.75, 3.05) is 27.3 Å². The van der Waals surface area contributed by atoms with Crippen LogP contribution in [-0.4, -0.2) is 49.0 Å². The lowest BCUT2D eigenvalue weighted by molar-refractivity contribution is -0.162. The number of hydrogen-bond donors (Lipinski definition) is 1. The molecule has 1 atom stereocenters. The second-order valence-corrected chi connectivity index (χ2v) is 8.80. The molecule has 1 saturated heterocycles. The van der Waals surface area contributed by atoms with Crippen molar-refractivity contribution in [3.05, 3.63) is 59.7 Å². The molecule has 5 rings (SSSR count). The van der Waals surface area contributed by atoms with Gasteiger partial charge in [-0.15, -0.1) is 0 Å². The van der Waals surface area contributed by atoms with Crippen LogP contribution in [0.2, 0.25) is 0 Å². The van der Waals surface area contributed by atoms with E-state index in [0.717, 1.165) is 60.0 Å². The second kappa shape index (κ2) is 7.77. The molecule has 0 amide bonds. The lowest BCUT2D eigenvalue weighted by atomic mass is 9.92. The molecule has 31 heavy (non-hydrogen) atoms. The number of para-hydroxylation sites is 1. The normalized spacial score (nSPS) is 22.4. The van der Waals surface area contributed by atoms with Crippen molar-refractivity contribution in [3.8, 4) is 17.2 Å². The molecule has 0 aliphatic carbocycles. The lowest BCUT2D eigenvalue weighted by Crippen LogP contribution is -2.64. The third-order valence-corrected chi connectivity index (χ3v) is 6.81. The molecule has 0 aromatic heterocycles. The zero-order chi connectivity index (χ0) is 21.6. The van der Waals surface area contributed by atoms with Gasteiger partial charge in [0.15, 0.2) is 17.2 Å². The monoisotopic (exact) mass is 421 g/mol. The van der Waals surface area contributed by atoms with Crippen LogP contribution in [0.3, 0.4) is 0 Å². The second-order valence-electron chi connectivity index (χ2n) is 8.80. The van der Waals surface area contributed by atoms with Crippen molar-refractivity contribution in [1.82, 2.24) is 15.3 Å². The number of ether oxygens (including phenoxy) is 3. The Morgan fingerprint density at radius 3 is 2.55 bits per heavy atom. The van der Waals surface area contributed by atoms with Crippen LogP contribution in [0.1, 0.15) is 43.9 Å². The summed E-state index contributed by atoms with van der Waals surface area (Å²) < 4.78 is 17.9. The van der Waals surface area contributed by atoms with E-state index in [1.807, 2.05) is 24.3 Å². The quantitative estimate of drug-likeness (QED) is 0.798. The zero-order valence-electron chi connectivity index (χ0n) is 18.7. The highest BCUT2D eigenvalue weighted by molar-refractivity contribution is 5.69. The van der Waals surface area contributed by atoms with E-state index in [4.69, 9.17) is 14.2 Å². The van der Waals surface area contributed by atoms with Gasteiger partial charge in [0.25, 0.3) is 0 Å². The minimum Gasteiger partial charge on any atom is -0.497 e. The molecule has 6 nitrogen and oxygen atoms in total. The summed E-state index contributed by atoms with van der Waals surface area (Å²) in [6.45, 7) is 6.53. The minimum atomic E-state index is -0.422. The summed E-state index contributed by atoms with van der Waals surface area (Å²) in [7, 11) is 3.41. The molecule has 6 heteroatoms. The molecule has 0 radical (unpaired) electrons. The summed E-state index contributed by atoms with van der Waals surface area (Å²) in [6, 6.07) is 15.0. The van der Waals surface area contributed by atoms with Crippen molar-refractivity contribution < 1.29 is 14.2 Å². The number of piperidine rings is 1. The molecule has 0 saturated carbocycles. The first-order valence-electron chi connectivity index (χ1n) is 11.1. The van der Waals surface area contributed by atoms with Gasteiger partial charge in [0.1, 0.15) is 5.75 Å². The average Bonchev–Trinajstić information content (AvgIpc) is 3.26. The Labute approximate surface area is 184 Å². The fourth-order valence-electron chi connectivity index (χ4n) is 5.01. The number of nitrogens with zero attached hydrogens (tertiary/aromatic N) is 2. The maximum absolute atomic E-state index is 6.81. The summed E-state index contributed by atoms with van der Waals surface area (Å²) in [5.41, 5.74) is 6.58. The summed E-state index contributed by atoms with van der Waals surface area (Å²) in [6.07, 6.45) is 4.14. The van der Waals surface area contributed by atoms with Gasteiger partial charge in [-0.1, -0.05) is 24.3 Å². The predicted octanol–water partition coefficient (Wildman–Crippen LogP) is 4.20. The molecule has 1 spiro atoms. The number of hydrogen-bond acceptors (Lipinski definition) is 6. The average molecular weight is 422 g/mol. The molecule has 1 fully saturated rings. The van der Waals surface area contributed by atoms with Gasteiger partial charge in [0.2, 0.25) is 0 Å². The van der Waals surface area contributed by atoms with Crippen LogP contribution in [0, 0.1) is 0 Å². The summed E-state index contributed by atoms with van der Waals surface area (Å²) >= 11 is 0. The van der Waals surface area contributed by atoms with E-state index in [-0.39, 0.29) is 6.04 Å². The van der Waals surface area contributed by atoms with Gasteiger partial charge in [0.05, 0.1) is 26.0 Å². The molecule has 3 aliphatic rings. The van der Waals surface area contributed by atoms with Crippen molar-refractivity contribution in [3.63, 3.8) is 0 Å². The molecule has 164 valence electrons. The molecule has 2 aromatic carbocycles. The zero-order valence-corrected chi connectivity index (χ0v) is 18.7. The topological polar surface area (TPSA) is 46.2 Å². The van der Waals surface area contributed by atoms with Gasteiger partial charge in [-0.05, 0) is 38.1 Å². The van der Waals surface area contributed by atoms with Gasteiger partial charge in [-0.3, -0.25) is 0 Å². The van der Waals surface area contributed by atoms with Gasteiger partial charge in [-0.2, -0.15) is 5.01 Å². The van der Waals surface area contributed by atoms with E-state index in [9.17, 15) is 0 Å². The van der Waals surface area contributed by atoms with Crippen LogP contribution in [-0.2, 0) is 0 Å². The maximum atomic E-state index is 6.81. The largest absolute Gasteiger partial charge is 0.497 e. The highest BCUT2D eigenvalue weighted by Gasteiger charge is 2.52. The molecule has 1 N–H and O–H groups in total. The third kappa shape index (κ3) is 3.34. The molecule has 0 unspecified atom stereocenters. The maximum Gasteiger partial charge on any atom is 0.183 e. The number of rotatable bonds is 4. The summed E-state index contributed by atoms with van der Waals surface area (Å²) in [4.78, 5) is 2.52. The Morgan fingerprint density at radius 2 is 1.84 bits per heavy atom. The lowest BCUT2D eigenvalue weighted by Gasteiger charge is -2.52. The molecule has 3 aliphatic heterocycles. The highest BCUT2D eigenvalue weighted by atomic mass is 16.5.